The number of primary amides is 1. The molecule has 0 aliphatic carbocycles. The molecule has 13 heteroatoms. The molecule has 2 aromatic heterocycles. The topological polar surface area (TPSA) is 144 Å². The second-order valence-electron chi connectivity index (χ2n) is 7.27. The Bertz CT molecular complexity index is 1120. The number of ether oxygens (including phenoxy) is 1. The molecule has 4 heterocycles. The van der Waals surface area contributed by atoms with Gasteiger partial charge in [-0.3, -0.25) is 9.69 Å². The zero-order valence-corrected chi connectivity index (χ0v) is 19.1. The third-order valence-corrected chi connectivity index (χ3v) is 6.13. The number of urea groups is 1. The summed E-state index contributed by atoms with van der Waals surface area (Å²) in [5, 5.41) is 0.394. The van der Waals surface area contributed by atoms with Crippen LogP contribution < -0.4 is 5.73 Å². The van der Waals surface area contributed by atoms with E-state index in [1.807, 2.05) is 0 Å². The smallest absolute Gasteiger partial charge is 0.359 e. The maximum absolute atomic E-state index is 13.0. The van der Waals surface area contributed by atoms with E-state index >= 15 is 0 Å². The number of fused-ring (bicyclic) bond motifs is 1. The molecule has 2 N–H and O–H groups in total. The normalized spacial score (nSPS) is 20.5. The molecule has 2 aliphatic rings. The molecular formula is C20H20ClN7O4S. The Hall–Kier alpha value is -3.25. The highest BCUT2D eigenvalue weighted by Crippen LogP contribution is 2.33. The Morgan fingerprint density at radius 3 is 2.82 bits per heavy atom. The summed E-state index contributed by atoms with van der Waals surface area (Å²) in [6.07, 6.45) is 7.11. The average Bonchev–Trinajstić information content (AvgIpc) is 3.02. The Morgan fingerprint density at radius 1 is 1.30 bits per heavy atom. The van der Waals surface area contributed by atoms with Crippen molar-refractivity contribution in [3.8, 4) is 0 Å². The van der Waals surface area contributed by atoms with Crippen molar-refractivity contribution in [3.05, 3.63) is 47.3 Å². The molecular weight excluding hydrogens is 470 g/mol. The first-order valence-corrected chi connectivity index (χ1v) is 11.7. The number of hydrogen-bond donors (Lipinski definition) is 1. The van der Waals surface area contributed by atoms with E-state index in [0.29, 0.717) is 36.7 Å². The minimum absolute atomic E-state index is 0.0383. The number of carbonyl (C=O) groups is 3. The van der Waals surface area contributed by atoms with Crippen molar-refractivity contribution in [2.24, 2.45) is 5.73 Å². The fourth-order valence-electron chi connectivity index (χ4n) is 3.86. The second kappa shape index (κ2) is 9.71. The van der Waals surface area contributed by atoms with Crippen molar-refractivity contribution >= 4 is 47.0 Å². The van der Waals surface area contributed by atoms with Crippen molar-refractivity contribution < 1.29 is 19.1 Å². The molecule has 0 radical (unpaired) electrons. The van der Waals surface area contributed by atoms with Crippen LogP contribution in [0.25, 0.3) is 5.70 Å². The summed E-state index contributed by atoms with van der Waals surface area (Å²) in [6.45, 7) is 0.375. The first kappa shape index (κ1) is 22.9. The van der Waals surface area contributed by atoms with Crippen molar-refractivity contribution in [3.63, 3.8) is 0 Å². The zero-order chi connectivity index (χ0) is 23.5. The third kappa shape index (κ3) is 4.62. The minimum Gasteiger partial charge on any atom is -0.453 e. The lowest BCUT2D eigenvalue weighted by Crippen LogP contribution is -2.61. The van der Waals surface area contributed by atoms with Crippen LogP contribution in [0.5, 0.6) is 0 Å². The van der Waals surface area contributed by atoms with E-state index in [4.69, 9.17) is 22.1 Å². The van der Waals surface area contributed by atoms with Gasteiger partial charge >= 0.3 is 12.0 Å². The number of carbonyl (C=O) groups excluding carboxylic acids is 3. The molecule has 2 aliphatic heterocycles. The molecule has 0 saturated carbocycles. The van der Waals surface area contributed by atoms with Gasteiger partial charge in [0, 0.05) is 18.8 Å². The van der Waals surface area contributed by atoms with E-state index in [1.54, 1.807) is 12.3 Å². The minimum atomic E-state index is -0.947. The van der Waals surface area contributed by atoms with Crippen LogP contribution in [0.4, 0.5) is 4.79 Å². The molecule has 0 bridgehead atoms. The lowest BCUT2D eigenvalue weighted by molar-refractivity contribution is -0.135. The van der Waals surface area contributed by atoms with E-state index < -0.39 is 24.3 Å². The Balaban J connectivity index is 1.72. The lowest BCUT2D eigenvalue weighted by atomic mass is 10.1. The summed E-state index contributed by atoms with van der Waals surface area (Å²) in [5.41, 5.74) is 6.21. The van der Waals surface area contributed by atoms with Gasteiger partial charge in [-0.2, -0.15) is 0 Å². The molecule has 33 heavy (non-hydrogen) atoms. The van der Waals surface area contributed by atoms with E-state index in [0.717, 1.165) is 0 Å². The summed E-state index contributed by atoms with van der Waals surface area (Å²) in [6, 6.07) is 0.752. The fraction of sp³-hybridized carbons (Fsp3) is 0.350. The SMILES string of the molecule is CSc1ncc(Cl)c(C(=O)OC2CCCCN3C(=O)C=C(c4ccncn4)N(C(N)=O)C23)n1. The summed E-state index contributed by atoms with van der Waals surface area (Å²) in [4.78, 5) is 57.5. The van der Waals surface area contributed by atoms with Gasteiger partial charge in [-0.15, -0.1) is 0 Å². The number of esters is 1. The number of amides is 3. The highest BCUT2D eigenvalue weighted by molar-refractivity contribution is 7.98. The molecule has 11 nitrogen and oxygen atoms in total. The summed E-state index contributed by atoms with van der Waals surface area (Å²) >= 11 is 7.38. The van der Waals surface area contributed by atoms with Gasteiger partial charge in [0.25, 0.3) is 5.91 Å². The quantitative estimate of drug-likeness (QED) is 0.386. The van der Waals surface area contributed by atoms with E-state index in [9.17, 15) is 14.4 Å². The van der Waals surface area contributed by atoms with E-state index in [2.05, 4.69) is 19.9 Å². The summed E-state index contributed by atoms with van der Waals surface area (Å²) in [5.74, 6) is -1.11. The van der Waals surface area contributed by atoms with Crippen LogP contribution in [0.1, 0.15) is 35.4 Å². The van der Waals surface area contributed by atoms with Gasteiger partial charge in [0.1, 0.15) is 12.4 Å². The fourth-order valence-corrected chi connectivity index (χ4v) is 4.37. The number of nitrogens with zero attached hydrogens (tertiary/aromatic N) is 6. The Kier molecular flexibility index (Phi) is 6.75. The van der Waals surface area contributed by atoms with Gasteiger partial charge in [-0.25, -0.2) is 29.5 Å². The van der Waals surface area contributed by atoms with Crippen LogP contribution >= 0.6 is 23.4 Å². The standard InChI is InChI=1S/C20H20ClN7O4S/c1-33-20-24-9-11(21)16(26-20)18(30)32-14-4-2-3-7-27-15(29)8-13(12-5-6-23-10-25-12)28(17(14)27)19(22)31/h5-6,8-10,14,17H,2-4,7H2,1H3,(H2,22,31). The lowest BCUT2D eigenvalue weighted by Gasteiger charge is -2.44. The van der Waals surface area contributed by atoms with Crippen molar-refractivity contribution in [2.45, 2.75) is 36.7 Å². The molecule has 1 fully saturated rings. The Labute approximate surface area is 198 Å². The molecule has 2 atom stereocenters. The third-order valence-electron chi connectivity index (χ3n) is 5.30. The predicted octanol–water partition coefficient (Wildman–Crippen LogP) is 1.94. The zero-order valence-electron chi connectivity index (χ0n) is 17.5. The molecule has 2 unspecified atom stereocenters. The number of aromatic nitrogens is 4. The van der Waals surface area contributed by atoms with Gasteiger partial charge in [0.05, 0.1) is 22.6 Å². The van der Waals surface area contributed by atoms with Crippen molar-refractivity contribution in [1.29, 1.82) is 0 Å². The van der Waals surface area contributed by atoms with E-state index in [1.165, 1.54) is 46.4 Å². The average molecular weight is 490 g/mol. The summed E-state index contributed by atoms with van der Waals surface area (Å²) < 4.78 is 5.79. The predicted molar refractivity (Wildman–Crippen MR) is 119 cm³/mol. The monoisotopic (exact) mass is 489 g/mol. The summed E-state index contributed by atoms with van der Waals surface area (Å²) in [7, 11) is 0. The number of hydrogen-bond acceptors (Lipinski definition) is 9. The largest absolute Gasteiger partial charge is 0.453 e. The van der Waals surface area contributed by atoms with Gasteiger partial charge in [0.15, 0.2) is 17.0 Å². The number of halogens is 1. The van der Waals surface area contributed by atoms with Crippen LogP contribution in [0.15, 0.2) is 36.0 Å². The maximum atomic E-state index is 13.0. The van der Waals surface area contributed by atoms with Crippen molar-refractivity contribution in [1.82, 2.24) is 29.7 Å². The highest BCUT2D eigenvalue weighted by Gasteiger charge is 2.45. The van der Waals surface area contributed by atoms with Crippen LogP contribution in [0.2, 0.25) is 5.02 Å². The first-order valence-electron chi connectivity index (χ1n) is 10.1. The molecule has 3 amide bonds. The van der Waals surface area contributed by atoms with Gasteiger partial charge in [-0.1, -0.05) is 23.4 Å². The number of thioether (sulfide) groups is 1. The van der Waals surface area contributed by atoms with Gasteiger partial charge in [-0.05, 0) is 31.6 Å². The number of rotatable bonds is 4. The van der Waals surface area contributed by atoms with Crippen LogP contribution in [0, 0.1) is 0 Å². The Morgan fingerprint density at radius 2 is 2.12 bits per heavy atom. The first-order chi connectivity index (χ1) is 15.9. The molecule has 2 aromatic rings. The molecule has 4 rings (SSSR count). The molecule has 0 aromatic carbocycles. The second-order valence-corrected chi connectivity index (χ2v) is 8.45. The van der Waals surface area contributed by atoms with Gasteiger partial charge < -0.3 is 15.4 Å². The molecule has 1 saturated heterocycles. The maximum Gasteiger partial charge on any atom is 0.359 e. The number of nitrogens with two attached hydrogens (primary N) is 1. The van der Waals surface area contributed by atoms with Crippen LogP contribution in [-0.2, 0) is 9.53 Å². The highest BCUT2D eigenvalue weighted by atomic mass is 35.5. The molecule has 172 valence electrons. The van der Waals surface area contributed by atoms with Crippen LogP contribution in [-0.4, -0.2) is 72.7 Å². The van der Waals surface area contributed by atoms with Gasteiger partial charge in [0.2, 0.25) is 0 Å². The van der Waals surface area contributed by atoms with E-state index in [-0.39, 0.29) is 22.3 Å². The van der Waals surface area contributed by atoms with Crippen molar-refractivity contribution in [2.75, 3.05) is 12.8 Å². The van der Waals surface area contributed by atoms with Crippen LogP contribution in [0.3, 0.4) is 0 Å². The molecule has 0 spiro atoms.